The molecule has 0 spiro atoms. The normalized spacial score (nSPS) is 15.5. The summed E-state index contributed by atoms with van der Waals surface area (Å²) < 4.78 is 1.82. The van der Waals surface area contributed by atoms with Crippen molar-refractivity contribution >= 4 is 46.0 Å². The predicted molar refractivity (Wildman–Crippen MR) is 123 cm³/mol. The Balaban J connectivity index is 1.64. The van der Waals surface area contributed by atoms with Crippen LogP contribution in [0, 0.1) is 0 Å². The molecule has 0 aliphatic heterocycles. The highest BCUT2D eigenvalue weighted by Gasteiger charge is 2.41. The third-order valence-electron chi connectivity index (χ3n) is 6.60. The summed E-state index contributed by atoms with van der Waals surface area (Å²) in [4.78, 5) is 24.8. The van der Waals surface area contributed by atoms with Crippen LogP contribution in [0.4, 0.5) is 0 Å². The quantitative estimate of drug-likeness (QED) is 0.518. The van der Waals surface area contributed by atoms with E-state index in [1.54, 1.807) is 26.0 Å². The van der Waals surface area contributed by atoms with Crippen molar-refractivity contribution in [1.82, 2.24) is 9.88 Å². The first kappa shape index (κ1) is 21.7. The lowest BCUT2D eigenvalue weighted by molar-refractivity contribution is -0.142. The number of amides is 1. The molecule has 2 N–H and O–H groups in total. The van der Waals surface area contributed by atoms with Gasteiger partial charge in [0.25, 0.3) is 5.91 Å². The highest BCUT2D eigenvalue weighted by Crippen LogP contribution is 2.42. The number of fused-ring (bicyclic) bond motifs is 1. The maximum atomic E-state index is 13.2. The van der Waals surface area contributed by atoms with E-state index in [0.717, 1.165) is 41.3 Å². The molecule has 1 fully saturated rings. The summed E-state index contributed by atoms with van der Waals surface area (Å²) in [5.74, 6) is -1.05. The smallest absolute Gasteiger partial charge is 0.313 e. The van der Waals surface area contributed by atoms with E-state index in [4.69, 9.17) is 23.2 Å². The fourth-order valence-electron chi connectivity index (χ4n) is 4.19. The Labute approximate surface area is 191 Å². The third-order valence-corrected chi connectivity index (χ3v) is 7.42. The number of nitrogens with zero attached hydrogens (tertiary/aromatic N) is 1. The number of hydrogen-bond donors (Lipinski definition) is 2. The van der Waals surface area contributed by atoms with E-state index >= 15 is 0 Å². The molecule has 3 aromatic rings. The minimum atomic E-state index is -0.974. The number of aryl methyl sites for hydroxylation is 1. The number of hydrogen-bond acceptors (Lipinski definition) is 2. The maximum Gasteiger partial charge on any atom is 0.313 e. The van der Waals surface area contributed by atoms with Crippen LogP contribution in [0.15, 0.2) is 42.5 Å². The van der Waals surface area contributed by atoms with Crippen LogP contribution < -0.4 is 5.32 Å². The second-order valence-electron chi connectivity index (χ2n) is 8.78. The van der Waals surface area contributed by atoms with Gasteiger partial charge in [0.15, 0.2) is 0 Å². The topological polar surface area (TPSA) is 71.3 Å². The van der Waals surface area contributed by atoms with Crippen LogP contribution in [-0.4, -0.2) is 21.6 Å². The first-order valence-electron chi connectivity index (χ1n) is 10.2. The number of nitrogens with one attached hydrogen (secondary N) is 1. The summed E-state index contributed by atoms with van der Waals surface area (Å²) in [6.07, 6.45) is 2.67. The van der Waals surface area contributed by atoms with Gasteiger partial charge in [0.05, 0.1) is 21.0 Å². The summed E-state index contributed by atoms with van der Waals surface area (Å²) in [7, 11) is 1.83. The average molecular weight is 459 g/mol. The van der Waals surface area contributed by atoms with Crippen LogP contribution in [0.25, 0.3) is 10.9 Å². The Morgan fingerprint density at radius 3 is 2.29 bits per heavy atom. The van der Waals surface area contributed by atoms with Crippen molar-refractivity contribution in [3.8, 4) is 0 Å². The van der Waals surface area contributed by atoms with E-state index in [0.29, 0.717) is 15.7 Å². The van der Waals surface area contributed by atoms with Gasteiger partial charge in [-0.25, -0.2) is 0 Å². The van der Waals surface area contributed by atoms with Gasteiger partial charge < -0.3 is 15.0 Å². The number of benzene rings is 2. The van der Waals surface area contributed by atoms with Gasteiger partial charge in [-0.1, -0.05) is 47.5 Å². The van der Waals surface area contributed by atoms with E-state index in [-0.39, 0.29) is 5.91 Å². The van der Waals surface area contributed by atoms with Crippen LogP contribution in [-0.2, 0) is 22.8 Å². The molecule has 1 aliphatic rings. The summed E-state index contributed by atoms with van der Waals surface area (Å²) in [5.41, 5.74) is 1.62. The molecule has 5 nitrogen and oxygen atoms in total. The Kier molecular flexibility index (Phi) is 5.31. The van der Waals surface area contributed by atoms with Crippen molar-refractivity contribution in [3.05, 3.63) is 69.3 Å². The zero-order chi connectivity index (χ0) is 22.6. The number of aromatic nitrogens is 1. The zero-order valence-corrected chi connectivity index (χ0v) is 19.1. The number of rotatable bonds is 5. The number of carbonyl (C=O) groups is 2. The summed E-state index contributed by atoms with van der Waals surface area (Å²) >= 11 is 12.5. The van der Waals surface area contributed by atoms with Crippen LogP contribution >= 0.6 is 23.2 Å². The van der Waals surface area contributed by atoms with Gasteiger partial charge in [-0.3, -0.25) is 9.59 Å². The molecule has 4 rings (SSSR count). The largest absolute Gasteiger partial charge is 0.481 e. The molecule has 1 aromatic heterocycles. The minimum Gasteiger partial charge on any atom is -0.481 e. The highest BCUT2D eigenvalue weighted by molar-refractivity contribution is 6.45. The van der Waals surface area contributed by atoms with Gasteiger partial charge in [0, 0.05) is 18.0 Å². The van der Waals surface area contributed by atoms with Crippen LogP contribution in [0.3, 0.4) is 0 Å². The maximum absolute atomic E-state index is 13.2. The molecule has 0 saturated heterocycles. The standard InChI is InChI=1S/C24H24Cl2N2O3/c1-23(2,22(30)31)14-5-7-15(8-6-14)24(11-4-12-24)27-21(29)19-13-16-18(28(19)3)10-9-17(25)20(16)26/h5-10,13H,4,11-12H2,1-3H3,(H,27,29)(H,30,31). The zero-order valence-electron chi connectivity index (χ0n) is 17.6. The number of carboxylic acid groups (broad SMARTS) is 1. The summed E-state index contributed by atoms with van der Waals surface area (Å²) in [6, 6.07) is 12.9. The number of halogens is 2. The fraction of sp³-hybridized carbons (Fsp3) is 0.333. The lowest BCUT2D eigenvalue weighted by atomic mass is 9.71. The molecule has 7 heteroatoms. The van der Waals surface area contributed by atoms with Crippen molar-refractivity contribution in [2.24, 2.45) is 7.05 Å². The molecular weight excluding hydrogens is 435 g/mol. The predicted octanol–water partition coefficient (Wildman–Crippen LogP) is 5.66. The number of carboxylic acids is 1. The van der Waals surface area contributed by atoms with Crippen molar-refractivity contribution in [2.75, 3.05) is 0 Å². The SMILES string of the molecule is Cn1c(C(=O)NC2(c3ccc(C(C)(C)C(=O)O)cc3)CCC2)cc2c(Cl)c(Cl)ccc21. The molecule has 1 aliphatic carbocycles. The average Bonchev–Trinajstić information content (AvgIpc) is 3.05. The van der Waals surface area contributed by atoms with Gasteiger partial charge in [0.1, 0.15) is 5.69 Å². The van der Waals surface area contributed by atoms with Gasteiger partial charge in [-0.2, -0.15) is 0 Å². The van der Waals surface area contributed by atoms with E-state index < -0.39 is 16.9 Å². The van der Waals surface area contributed by atoms with E-state index in [9.17, 15) is 14.7 Å². The van der Waals surface area contributed by atoms with E-state index in [1.807, 2.05) is 41.9 Å². The summed E-state index contributed by atoms with van der Waals surface area (Å²) in [5, 5.41) is 14.3. The summed E-state index contributed by atoms with van der Waals surface area (Å²) in [6.45, 7) is 3.37. The van der Waals surface area contributed by atoms with Gasteiger partial charge in [-0.05, 0) is 62.4 Å². The van der Waals surface area contributed by atoms with Crippen molar-refractivity contribution < 1.29 is 14.7 Å². The molecule has 0 unspecified atom stereocenters. The molecule has 1 heterocycles. The molecule has 31 heavy (non-hydrogen) atoms. The monoisotopic (exact) mass is 458 g/mol. The first-order valence-corrected chi connectivity index (χ1v) is 10.9. The Bertz CT molecular complexity index is 1190. The molecule has 2 aromatic carbocycles. The first-order chi connectivity index (χ1) is 14.6. The molecule has 1 saturated carbocycles. The van der Waals surface area contributed by atoms with E-state index in [2.05, 4.69) is 5.32 Å². The molecule has 162 valence electrons. The Morgan fingerprint density at radius 2 is 1.74 bits per heavy atom. The van der Waals surface area contributed by atoms with Gasteiger partial charge in [-0.15, -0.1) is 0 Å². The molecular formula is C24H24Cl2N2O3. The Hall–Kier alpha value is -2.50. The second kappa shape index (κ2) is 7.57. The molecule has 0 bridgehead atoms. The molecule has 1 amide bonds. The Morgan fingerprint density at radius 1 is 1.10 bits per heavy atom. The van der Waals surface area contributed by atoms with Gasteiger partial charge in [0.2, 0.25) is 0 Å². The number of aliphatic carboxylic acids is 1. The molecule has 0 radical (unpaired) electrons. The fourth-order valence-corrected chi connectivity index (χ4v) is 4.57. The van der Waals surface area contributed by atoms with Gasteiger partial charge >= 0.3 is 5.97 Å². The van der Waals surface area contributed by atoms with Crippen molar-refractivity contribution in [2.45, 2.75) is 44.1 Å². The van der Waals surface area contributed by atoms with Crippen molar-refractivity contribution in [1.29, 1.82) is 0 Å². The van der Waals surface area contributed by atoms with Crippen molar-refractivity contribution in [3.63, 3.8) is 0 Å². The van der Waals surface area contributed by atoms with Crippen LogP contribution in [0.5, 0.6) is 0 Å². The lowest BCUT2D eigenvalue weighted by Crippen LogP contribution is -2.51. The van der Waals surface area contributed by atoms with E-state index in [1.165, 1.54) is 0 Å². The second-order valence-corrected chi connectivity index (χ2v) is 9.57. The highest BCUT2D eigenvalue weighted by atomic mass is 35.5. The minimum absolute atomic E-state index is 0.180. The molecule has 0 atom stereocenters. The van der Waals surface area contributed by atoms with Crippen LogP contribution in [0.2, 0.25) is 10.0 Å². The third kappa shape index (κ3) is 3.50. The lowest BCUT2D eigenvalue weighted by Gasteiger charge is -2.43. The number of carbonyl (C=O) groups excluding carboxylic acids is 1. The van der Waals surface area contributed by atoms with Crippen LogP contribution in [0.1, 0.15) is 54.7 Å².